The highest BCUT2D eigenvalue weighted by molar-refractivity contribution is 6.74. The molecule has 3 heteroatoms. The normalized spacial score (nSPS) is 16.8. The van der Waals surface area contributed by atoms with Crippen LogP contribution in [0.1, 0.15) is 51.7 Å². The maximum atomic E-state index is 7.02. The maximum Gasteiger partial charge on any atom is 0.250 e. The molecule has 2 aromatic carbocycles. The first-order valence-corrected chi connectivity index (χ1v) is 14.3. The highest BCUT2D eigenvalue weighted by Gasteiger charge is 2.41. The van der Waals surface area contributed by atoms with Crippen LogP contribution in [0.2, 0.25) is 18.1 Å². The smallest absolute Gasteiger partial charge is 0.250 e. The summed E-state index contributed by atoms with van der Waals surface area (Å²) in [6, 6.07) is 19.4. The molecule has 0 saturated heterocycles. The van der Waals surface area contributed by atoms with Crippen LogP contribution in [0.5, 0.6) is 0 Å². The molecular formula is C28H35NOSi. The zero-order valence-electron chi connectivity index (χ0n) is 19.8. The van der Waals surface area contributed by atoms with E-state index in [2.05, 4.69) is 107 Å². The van der Waals surface area contributed by atoms with E-state index in [1.165, 1.54) is 38.7 Å². The third kappa shape index (κ3) is 4.29. The van der Waals surface area contributed by atoms with Crippen LogP contribution in [0, 0.1) is 0 Å². The van der Waals surface area contributed by atoms with Crippen LogP contribution in [-0.2, 0) is 10.8 Å². The third-order valence-corrected chi connectivity index (χ3v) is 11.4. The number of allylic oxidation sites excluding steroid dienone is 3. The van der Waals surface area contributed by atoms with Crippen molar-refractivity contribution in [3.05, 3.63) is 88.8 Å². The lowest BCUT2D eigenvalue weighted by atomic mass is 9.99. The molecule has 0 saturated carbocycles. The van der Waals surface area contributed by atoms with Gasteiger partial charge in [-0.15, -0.1) is 0 Å². The Morgan fingerprint density at radius 2 is 1.65 bits per heavy atom. The van der Waals surface area contributed by atoms with Gasteiger partial charge in [-0.2, -0.15) is 0 Å². The van der Waals surface area contributed by atoms with Crippen molar-refractivity contribution in [2.75, 3.05) is 0 Å². The first kappa shape index (κ1) is 21.7. The van der Waals surface area contributed by atoms with Gasteiger partial charge in [0.1, 0.15) is 5.76 Å². The van der Waals surface area contributed by atoms with Crippen LogP contribution in [0.25, 0.3) is 16.5 Å². The molecule has 1 aliphatic carbocycles. The summed E-state index contributed by atoms with van der Waals surface area (Å²) < 4.78 is 7.02. The van der Waals surface area contributed by atoms with E-state index in [1.807, 2.05) is 0 Å². The Hall–Kier alpha value is -2.52. The highest BCUT2D eigenvalue weighted by atomic mass is 28.4. The summed E-state index contributed by atoms with van der Waals surface area (Å²) in [5, 5.41) is 1.49. The number of rotatable bonds is 5. The van der Waals surface area contributed by atoms with Gasteiger partial charge in [-0.3, -0.25) is 0 Å². The molecule has 31 heavy (non-hydrogen) atoms. The van der Waals surface area contributed by atoms with Crippen LogP contribution < -0.4 is 0 Å². The molecule has 1 aliphatic rings. The number of fused-ring (bicyclic) bond motifs is 1. The van der Waals surface area contributed by atoms with Crippen LogP contribution in [-0.4, -0.2) is 13.3 Å². The van der Waals surface area contributed by atoms with E-state index in [4.69, 9.17) is 4.43 Å². The molecule has 162 valence electrons. The lowest BCUT2D eigenvalue weighted by Gasteiger charge is -2.38. The highest BCUT2D eigenvalue weighted by Crippen LogP contribution is 2.46. The first-order chi connectivity index (χ1) is 14.7. The molecule has 4 rings (SSSR count). The van der Waals surface area contributed by atoms with Gasteiger partial charge in [0, 0.05) is 22.7 Å². The largest absolute Gasteiger partial charge is 0.543 e. The fourth-order valence-corrected chi connectivity index (χ4v) is 5.25. The fraction of sp³-hybridized carbons (Fsp3) is 0.357. The standard InChI is InChI=1S/C28H35NOSi/c1-20(18-22-19-29-26-15-11-10-14-24(22)26)23-16-17-25(21-12-8-7-9-13-21)27(23)30-31(5,6)28(2,3)4/h7-15,19,29H,16-18H2,1-6H3/b23-20-. The average molecular weight is 430 g/mol. The average Bonchev–Trinajstić information content (AvgIpc) is 3.32. The van der Waals surface area contributed by atoms with Crippen LogP contribution in [0.4, 0.5) is 0 Å². The van der Waals surface area contributed by atoms with E-state index >= 15 is 0 Å². The van der Waals surface area contributed by atoms with E-state index in [0.717, 1.165) is 25.0 Å². The summed E-state index contributed by atoms with van der Waals surface area (Å²) in [4.78, 5) is 3.43. The summed E-state index contributed by atoms with van der Waals surface area (Å²) in [5.74, 6) is 1.16. The Balaban J connectivity index is 1.77. The second kappa shape index (κ2) is 8.20. The maximum absolute atomic E-state index is 7.02. The number of H-pyrrole nitrogens is 1. The van der Waals surface area contributed by atoms with Crippen molar-refractivity contribution in [2.45, 2.75) is 65.1 Å². The number of aromatic nitrogens is 1. The number of aromatic amines is 1. The summed E-state index contributed by atoms with van der Waals surface area (Å²) in [6.07, 6.45) is 5.22. The SMILES string of the molecule is C/C(Cc1c[nH]c2ccccc12)=C1\CCC(c2ccccc2)=C1O[Si](C)(C)C(C)(C)C. The minimum absolute atomic E-state index is 0.167. The van der Waals surface area contributed by atoms with Gasteiger partial charge in [-0.05, 0) is 67.1 Å². The second-order valence-electron chi connectivity index (χ2n) is 10.3. The minimum Gasteiger partial charge on any atom is -0.543 e. The number of benzene rings is 2. The van der Waals surface area contributed by atoms with Gasteiger partial charge in [0.05, 0.1) is 0 Å². The van der Waals surface area contributed by atoms with Crippen molar-refractivity contribution in [3.8, 4) is 0 Å². The molecule has 1 aromatic heterocycles. The van der Waals surface area contributed by atoms with Crippen molar-refractivity contribution < 1.29 is 4.43 Å². The van der Waals surface area contributed by atoms with E-state index in [0.29, 0.717) is 0 Å². The Morgan fingerprint density at radius 3 is 2.35 bits per heavy atom. The molecule has 0 spiro atoms. The zero-order valence-corrected chi connectivity index (χ0v) is 20.8. The monoisotopic (exact) mass is 429 g/mol. The van der Waals surface area contributed by atoms with Gasteiger partial charge >= 0.3 is 0 Å². The predicted molar refractivity (Wildman–Crippen MR) is 136 cm³/mol. The molecule has 3 aromatic rings. The Labute approximate surface area is 188 Å². The molecule has 1 N–H and O–H groups in total. The van der Waals surface area contributed by atoms with Crippen molar-refractivity contribution in [1.82, 2.24) is 4.98 Å². The van der Waals surface area contributed by atoms with Gasteiger partial charge in [0.25, 0.3) is 8.32 Å². The van der Waals surface area contributed by atoms with Crippen LogP contribution in [0.15, 0.2) is 77.7 Å². The molecule has 2 nitrogen and oxygen atoms in total. The van der Waals surface area contributed by atoms with Crippen LogP contribution >= 0.6 is 0 Å². The quantitative estimate of drug-likeness (QED) is 0.406. The Kier molecular flexibility index (Phi) is 5.74. The lowest BCUT2D eigenvalue weighted by molar-refractivity contribution is 0.396. The van der Waals surface area contributed by atoms with Crippen molar-refractivity contribution >= 4 is 24.8 Å². The van der Waals surface area contributed by atoms with Gasteiger partial charge in [-0.1, -0.05) is 74.9 Å². The topological polar surface area (TPSA) is 25.0 Å². The number of hydrogen-bond acceptors (Lipinski definition) is 1. The molecule has 0 atom stereocenters. The van der Waals surface area contributed by atoms with E-state index in [9.17, 15) is 0 Å². The Bertz CT molecular complexity index is 1140. The number of hydrogen-bond donors (Lipinski definition) is 1. The molecule has 0 radical (unpaired) electrons. The molecule has 1 heterocycles. The molecule has 0 aliphatic heterocycles. The van der Waals surface area contributed by atoms with Gasteiger partial charge in [0.15, 0.2) is 0 Å². The third-order valence-electron chi connectivity index (χ3n) is 7.10. The molecule has 0 fully saturated rings. The van der Waals surface area contributed by atoms with Gasteiger partial charge in [0.2, 0.25) is 0 Å². The summed E-state index contributed by atoms with van der Waals surface area (Å²) in [5.41, 5.74) is 8.07. The van der Waals surface area contributed by atoms with Crippen molar-refractivity contribution in [3.63, 3.8) is 0 Å². The Morgan fingerprint density at radius 1 is 0.968 bits per heavy atom. The summed E-state index contributed by atoms with van der Waals surface area (Å²) in [7, 11) is -1.95. The van der Waals surface area contributed by atoms with Gasteiger partial charge in [-0.25, -0.2) is 0 Å². The zero-order chi connectivity index (χ0) is 22.2. The molecule has 0 bridgehead atoms. The van der Waals surface area contributed by atoms with Crippen LogP contribution in [0.3, 0.4) is 0 Å². The summed E-state index contributed by atoms with van der Waals surface area (Å²) in [6.45, 7) is 14.0. The van der Waals surface area contributed by atoms with Crippen molar-refractivity contribution in [1.29, 1.82) is 0 Å². The fourth-order valence-electron chi connectivity index (χ4n) is 4.18. The predicted octanol–water partition coefficient (Wildman–Crippen LogP) is 8.25. The van der Waals surface area contributed by atoms with E-state index in [-0.39, 0.29) is 5.04 Å². The summed E-state index contributed by atoms with van der Waals surface area (Å²) >= 11 is 0. The number of nitrogens with one attached hydrogen (secondary N) is 1. The molecule has 0 unspecified atom stereocenters. The molecular weight excluding hydrogens is 394 g/mol. The molecule has 0 amide bonds. The minimum atomic E-state index is -1.95. The first-order valence-electron chi connectivity index (χ1n) is 11.4. The second-order valence-corrected chi connectivity index (χ2v) is 15.1. The van der Waals surface area contributed by atoms with E-state index in [1.54, 1.807) is 0 Å². The van der Waals surface area contributed by atoms with Gasteiger partial charge < -0.3 is 9.41 Å². The lowest BCUT2D eigenvalue weighted by Crippen LogP contribution is -2.40. The van der Waals surface area contributed by atoms with Crippen molar-refractivity contribution in [2.24, 2.45) is 0 Å². The number of para-hydroxylation sites is 1. The van der Waals surface area contributed by atoms with E-state index < -0.39 is 8.32 Å².